The number of nitrogens with zero attached hydrogens (tertiary/aromatic N) is 1. The first-order chi connectivity index (χ1) is 16.4. The fraction of sp³-hybridized carbons (Fsp3) is 0.481. The molecule has 34 heavy (non-hydrogen) atoms. The zero-order chi connectivity index (χ0) is 24.7. The summed E-state index contributed by atoms with van der Waals surface area (Å²) in [5, 5.41) is 10.2. The molecule has 1 fully saturated rings. The van der Waals surface area contributed by atoms with Gasteiger partial charge in [-0.2, -0.15) is 0 Å². The number of methoxy groups -OCH3 is 2. The fourth-order valence-electron chi connectivity index (χ4n) is 4.41. The number of amides is 1. The van der Waals surface area contributed by atoms with E-state index in [2.05, 4.69) is 0 Å². The maximum atomic E-state index is 13.2. The molecule has 1 N–H and O–H groups in total. The molecule has 1 amide bonds. The molecule has 0 bridgehead atoms. The van der Waals surface area contributed by atoms with Crippen molar-refractivity contribution in [3.63, 3.8) is 0 Å². The first kappa shape index (κ1) is 25.6. The summed E-state index contributed by atoms with van der Waals surface area (Å²) in [5.74, 6) is 0.0419. The summed E-state index contributed by atoms with van der Waals surface area (Å²) < 4.78 is 16.0. The van der Waals surface area contributed by atoms with E-state index in [0.717, 1.165) is 35.5 Å². The van der Waals surface area contributed by atoms with Gasteiger partial charge in [0.25, 0.3) is 0 Å². The van der Waals surface area contributed by atoms with E-state index in [0.29, 0.717) is 19.4 Å². The number of rotatable bonds is 12. The largest absolute Gasteiger partial charge is 0.497 e. The third-order valence-electron chi connectivity index (χ3n) is 6.34. The van der Waals surface area contributed by atoms with Crippen LogP contribution in [-0.4, -0.2) is 60.9 Å². The van der Waals surface area contributed by atoms with Gasteiger partial charge in [-0.05, 0) is 61.6 Å². The first-order valence-electron chi connectivity index (χ1n) is 11.8. The maximum absolute atomic E-state index is 13.2. The standard InChI is InChI=1S/C27H35NO6/c1-5-6-15-34-27(31)25-24(18(2)29)26(30)28(25)21(16-19-7-11-22(32-3)12-8-19)17-20-9-13-23(33-4)14-10-20/h7-14,18,21,24-25,29H,5-6,15-17H2,1-4H3/t18?,24-,25+/m1/s1. The highest BCUT2D eigenvalue weighted by Gasteiger charge is 2.56. The number of carbonyl (C=O) groups excluding carboxylic acids is 2. The maximum Gasteiger partial charge on any atom is 0.329 e. The number of β-lactam (4-membered cyclic amide) rings is 1. The molecule has 184 valence electrons. The summed E-state index contributed by atoms with van der Waals surface area (Å²) in [6, 6.07) is 14.3. The smallest absolute Gasteiger partial charge is 0.329 e. The molecule has 1 unspecified atom stereocenters. The van der Waals surface area contributed by atoms with Crippen LogP contribution in [0.1, 0.15) is 37.8 Å². The Hall–Kier alpha value is -3.06. The van der Waals surface area contributed by atoms with E-state index in [-0.39, 0.29) is 11.9 Å². The van der Waals surface area contributed by atoms with Crippen molar-refractivity contribution in [3.8, 4) is 11.5 Å². The summed E-state index contributed by atoms with van der Waals surface area (Å²) in [5.41, 5.74) is 2.04. The van der Waals surface area contributed by atoms with Gasteiger partial charge in [-0.3, -0.25) is 4.79 Å². The number of aliphatic hydroxyl groups excluding tert-OH is 1. The molecular weight excluding hydrogens is 434 g/mol. The second kappa shape index (κ2) is 11.9. The van der Waals surface area contributed by atoms with Gasteiger partial charge in [0, 0.05) is 6.04 Å². The molecule has 0 aromatic heterocycles. The number of likely N-dealkylation sites (tertiary alicyclic amines) is 1. The third kappa shape index (κ3) is 5.89. The highest BCUT2D eigenvalue weighted by molar-refractivity contribution is 5.98. The second-order valence-corrected chi connectivity index (χ2v) is 8.74. The summed E-state index contributed by atoms with van der Waals surface area (Å²) in [4.78, 5) is 27.8. The lowest BCUT2D eigenvalue weighted by Gasteiger charge is -2.50. The number of carbonyl (C=O) groups is 2. The van der Waals surface area contributed by atoms with E-state index < -0.39 is 24.0 Å². The van der Waals surface area contributed by atoms with Crippen LogP contribution < -0.4 is 9.47 Å². The van der Waals surface area contributed by atoms with E-state index in [1.54, 1.807) is 26.0 Å². The topological polar surface area (TPSA) is 85.3 Å². The second-order valence-electron chi connectivity index (χ2n) is 8.74. The molecule has 1 aliphatic rings. The molecule has 0 spiro atoms. The molecule has 3 rings (SSSR count). The number of unbranched alkanes of at least 4 members (excludes halogenated alkanes) is 1. The van der Waals surface area contributed by atoms with Crippen molar-refractivity contribution in [2.45, 2.75) is 57.7 Å². The highest BCUT2D eigenvalue weighted by Crippen LogP contribution is 2.35. The zero-order valence-corrected chi connectivity index (χ0v) is 20.4. The van der Waals surface area contributed by atoms with E-state index in [1.165, 1.54) is 0 Å². The number of aliphatic hydroxyl groups is 1. The van der Waals surface area contributed by atoms with Crippen LogP contribution in [0.3, 0.4) is 0 Å². The minimum Gasteiger partial charge on any atom is -0.497 e. The highest BCUT2D eigenvalue weighted by atomic mass is 16.5. The van der Waals surface area contributed by atoms with Crippen LogP contribution in [-0.2, 0) is 27.2 Å². The van der Waals surface area contributed by atoms with E-state index in [9.17, 15) is 14.7 Å². The van der Waals surface area contributed by atoms with Crippen molar-refractivity contribution in [2.24, 2.45) is 5.92 Å². The Balaban J connectivity index is 1.88. The lowest BCUT2D eigenvalue weighted by atomic mass is 9.80. The van der Waals surface area contributed by atoms with Gasteiger partial charge in [0.1, 0.15) is 17.5 Å². The molecule has 2 aromatic rings. The number of hydrogen-bond acceptors (Lipinski definition) is 6. The van der Waals surface area contributed by atoms with Crippen LogP contribution in [0.4, 0.5) is 0 Å². The summed E-state index contributed by atoms with van der Waals surface area (Å²) >= 11 is 0. The van der Waals surface area contributed by atoms with Crippen LogP contribution in [0.5, 0.6) is 11.5 Å². The van der Waals surface area contributed by atoms with Crippen molar-refractivity contribution < 1.29 is 28.9 Å². The van der Waals surface area contributed by atoms with Crippen LogP contribution in [0.25, 0.3) is 0 Å². The van der Waals surface area contributed by atoms with Gasteiger partial charge in [-0.25, -0.2) is 4.79 Å². The van der Waals surface area contributed by atoms with E-state index in [4.69, 9.17) is 14.2 Å². The molecular formula is C27H35NO6. The van der Waals surface area contributed by atoms with E-state index in [1.807, 2.05) is 55.5 Å². The van der Waals surface area contributed by atoms with Gasteiger partial charge in [0.15, 0.2) is 0 Å². The number of benzene rings is 2. The number of esters is 1. The Bertz CT molecular complexity index is 891. The van der Waals surface area contributed by atoms with Crippen molar-refractivity contribution in [3.05, 3.63) is 59.7 Å². The number of ether oxygens (including phenoxy) is 3. The predicted octanol–water partition coefficient (Wildman–Crippen LogP) is 3.41. The summed E-state index contributed by atoms with van der Waals surface area (Å²) in [6.07, 6.45) is 1.82. The predicted molar refractivity (Wildman–Crippen MR) is 129 cm³/mol. The minimum atomic E-state index is -0.935. The van der Waals surface area contributed by atoms with Gasteiger partial charge in [-0.15, -0.1) is 0 Å². The van der Waals surface area contributed by atoms with Crippen LogP contribution in [0, 0.1) is 5.92 Å². The Morgan fingerprint density at radius 1 is 0.971 bits per heavy atom. The molecule has 0 aliphatic carbocycles. The first-order valence-corrected chi connectivity index (χ1v) is 11.8. The molecule has 0 radical (unpaired) electrons. The van der Waals surface area contributed by atoms with E-state index >= 15 is 0 Å². The molecule has 1 heterocycles. The normalized spacial score (nSPS) is 18.4. The van der Waals surface area contributed by atoms with Gasteiger partial charge < -0.3 is 24.2 Å². The SMILES string of the molecule is CCCCOC(=O)[C@@H]1[C@@H](C(C)O)C(=O)N1C(Cc1ccc(OC)cc1)Cc1ccc(OC)cc1. The monoisotopic (exact) mass is 469 g/mol. The third-order valence-corrected chi connectivity index (χ3v) is 6.34. The van der Waals surface area contributed by atoms with Crippen molar-refractivity contribution in [2.75, 3.05) is 20.8 Å². The van der Waals surface area contributed by atoms with Crippen molar-refractivity contribution >= 4 is 11.9 Å². The van der Waals surface area contributed by atoms with Gasteiger partial charge in [-0.1, -0.05) is 37.6 Å². The Labute approximate surface area is 201 Å². The Kier molecular flexibility index (Phi) is 8.93. The molecule has 1 saturated heterocycles. The number of hydrogen-bond donors (Lipinski definition) is 1. The van der Waals surface area contributed by atoms with Crippen LogP contribution in [0.2, 0.25) is 0 Å². The van der Waals surface area contributed by atoms with Crippen LogP contribution in [0.15, 0.2) is 48.5 Å². The average molecular weight is 470 g/mol. The van der Waals surface area contributed by atoms with Crippen LogP contribution >= 0.6 is 0 Å². The van der Waals surface area contributed by atoms with Gasteiger partial charge in [0.2, 0.25) is 5.91 Å². The summed E-state index contributed by atoms with van der Waals surface area (Å²) in [7, 11) is 3.23. The quantitative estimate of drug-likeness (QED) is 0.291. The average Bonchev–Trinajstić information content (AvgIpc) is 2.83. The zero-order valence-electron chi connectivity index (χ0n) is 20.4. The van der Waals surface area contributed by atoms with Gasteiger partial charge >= 0.3 is 5.97 Å². The molecule has 0 saturated carbocycles. The molecule has 1 aliphatic heterocycles. The van der Waals surface area contributed by atoms with Gasteiger partial charge in [0.05, 0.1) is 32.8 Å². The lowest BCUT2D eigenvalue weighted by molar-refractivity contribution is -0.184. The molecule has 7 nitrogen and oxygen atoms in total. The summed E-state index contributed by atoms with van der Waals surface area (Å²) in [6.45, 7) is 3.88. The van der Waals surface area contributed by atoms with Crippen molar-refractivity contribution in [1.29, 1.82) is 0 Å². The minimum absolute atomic E-state index is 0.223. The molecule has 3 atom stereocenters. The van der Waals surface area contributed by atoms with Crippen molar-refractivity contribution in [1.82, 2.24) is 4.90 Å². The molecule has 7 heteroatoms. The Morgan fingerprint density at radius 3 is 1.88 bits per heavy atom. The molecule has 2 aromatic carbocycles. The lowest BCUT2D eigenvalue weighted by Crippen LogP contribution is -2.70. The Morgan fingerprint density at radius 2 is 1.47 bits per heavy atom. The fourth-order valence-corrected chi connectivity index (χ4v) is 4.41.